The number of carbonyl (C=O) groups is 1. The van der Waals surface area contributed by atoms with Crippen molar-refractivity contribution in [2.24, 2.45) is 0 Å². The fraction of sp³-hybridized carbons (Fsp3) is 0.933. The third-order valence-corrected chi connectivity index (χ3v) is 4.09. The number of nitrogens with zero attached hydrogens (tertiary/aromatic N) is 2. The molecule has 5 nitrogen and oxygen atoms in total. The van der Waals surface area contributed by atoms with Gasteiger partial charge in [0.2, 0.25) is 5.91 Å². The maximum atomic E-state index is 12.3. The molecule has 5 heteroatoms. The summed E-state index contributed by atoms with van der Waals surface area (Å²) in [6.07, 6.45) is 4.22. The van der Waals surface area contributed by atoms with Gasteiger partial charge in [-0.2, -0.15) is 0 Å². The third kappa shape index (κ3) is 4.43. The van der Waals surface area contributed by atoms with Crippen LogP contribution >= 0.6 is 0 Å². The zero-order valence-corrected chi connectivity index (χ0v) is 12.8. The van der Waals surface area contributed by atoms with E-state index in [1.165, 1.54) is 25.7 Å². The van der Waals surface area contributed by atoms with Crippen LogP contribution in [0.25, 0.3) is 0 Å². The van der Waals surface area contributed by atoms with Crippen molar-refractivity contribution in [3.05, 3.63) is 0 Å². The molecule has 0 spiro atoms. The second-order valence-electron chi connectivity index (χ2n) is 6.28. The lowest BCUT2D eigenvalue weighted by Crippen LogP contribution is -2.40. The number of carbonyl (C=O) groups excluding carboxylic acids is 1. The minimum Gasteiger partial charge on any atom is -0.388 e. The predicted octanol–water partition coefficient (Wildman–Crippen LogP) is 0.859. The van der Waals surface area contributed by atoms with Gasteiger partial charge in [0.1, 0.15) is 6.10 Å². The molecule has 0 aromatic heterocycles. The minimum atomic E-state index is -0.550. The van der Waals surface area contributed by atoms with Crippen LogP contribution < -0.4 is 0 Å². The highest BCUT2D eigenvalue weighted by Crippen LogP contribution is 2.16. The van der Waals surface area contributed by atoms with Crippen molar-refractivity contribution >= 4 is 5.91 Å². The largest absolute Gasteiger partial charge is 0.388 e. The van der Waals surface area contributed by atoms with Gasteiger partial charge in [-0.05, 0) is 39.8 Å². The molecule has 2 fully saturated rings. The second kappa shape index (κ2) is 7.38. The summed E-state index contributed by atoms with van der Waals surface area (Å²) in [4.78, 5) is 16.3. The van der Waals surface area contributed by atoms with Gasteiger partial charge in [0, 0.05) is 13.1 Å². The number of aliphatic hydroxyl groups excluding tert-OH is 1. The third-order valence-electron chi connectivity index (χ3n) is 4.09. The Morgan fingerprint density at radius 1 is 1.20 bits per heavy atom. The van der Waals surface area contributed by atoms with Gasteiger partial charge in [-0.25, -0.2) is 0 Å². The molecule has 1 N–H and O–H groups in total. The van der Waals surface area contributed by atoms with E-state index in [-0.39, 0.29) is 18.1 Å². The monoisotopic (exact) mass is 284 g/mol. The molecule has 0 unspecified atom stereocenters. The van der Waals surface area contributed by atoms with E-state index in [4.69, 9.17) is 4.74 Å². The van der Waals surface area contributed by atoms with Gasteiger partial charge >= 0.3 is 0 Å². The van der Waals surface area contributed by atoms with Gasteiger partial charge in [-0.1, -0.05) is 12.8 Å². The molecule has 2 aliphatic rings. The number of hydrogen-bond donors (Lipinski definition) is 1. The number of aliphatic hydroxyl groups is 1. The number of β-amino-alcohol motifs (C(OH)–C–C–N with tert-alkyl or cyclic N) is 1. The number of likely N-dealkylation sites (tertiary alicyclic amines) is 2. The number of rotatable bonds is 4. The summed E-state index contributed by atoms with van der Waals surface area (Å²) in [5, 5.41) is 9.98. The summed E-state index contributed by atoms with van der Waals surface area (Å²) in [6.45, 7) is 7.36. The van der Waals surface area contributed by atoms with E-state index in [2.05, 4.69) is 4.90 Å². The Balaban J connectivity index is 1.80. The van der Waals surface area contributed by atoms with Crippen LogP contribution in [0.5, 0.6) is 0 Å². The molecule has 116 valence electrons. The Morgan fingerprint density at radius 3 is 2.45 bits per heavy atom. The summed E-state index contributed by atoms with van der Waals surface area (Å²) in [7, 11) is 0. The highest BCUT2D eigenvalue weighted by atomic mass is 16.5. The normalized spacial score (nSPS) is 28.9. The number of ether oxygens (including phenoxy) is 1. The molecule has 0 bridgehead atoms. The van der Waals surface area contributed by atoms with E-state index >= 15 is 0 Å². The van der Waals surface area contributed by atoms with E-state index in [9.17, 15) is 9.90 Å². The molecule has 2 atom stereocenters. The lowest BCUT2D eigenvalue weighted by molar-refractivity contribution is -0.132. The first-order chi connectivity index (χ1) is 9.56. The van der Waals surface area contributed by atoms with Crippen LogP contribution in [0.2, 0.25) is 0 Å². The van der Waals surface area contributed by atoms with Crippen molar-refractivity contribution < 1.29 is 14.6 Å². The topological polar surface area (TPSA) is 53.0 Å². The van der Waals surface area contributed by atoms with Crippen molar-refractivity contribution in [3.63, 3.8) is 0 Å². The van der Waals surface area contributed by atoms with Crippen LogP contribution in [-0.2, 0) is 9.53 Å². The van der Waals surface area contributed by atoms with Gasteiger partial charge in [0.25, 0.3) is 0 Å². The molecule has 20 heavy (non-hydrogen) atoms. The smallest absolute Gasteiger partial charge is 0.236 e. The molecular formula is C15H28N2O3. The number of hydrogen-bond acceptors (Lipinski definition) is 4. The molecule has 1 amide bonds. The molecule has 0 saturated carbocycles. The minimum absolute atomic E-state index is 0.0790. The predicted molar refractivity (Wildman–Crippen MR) is 77.5 cm³/mol. The van der Waals surface area contributed by atoms with Gasteiger partial charge in [-0.3, -0.25) is 9.69 Å². The highest BCUT2D eigenvalue weighted by molar-refractivity contribution is 5.78. The molecule has 2 saturated heterocycles. The zero-order chi connectivity index (χ0) is 14.5. The Morgan fingerprint density at radius 2 is 1.85 bits per heavy atom. The summed E-state index contributed by atoms with van der Waals surface area (Å²) in [6, 6.07) is 0. The first-order valence-corrected chi connectivity index (χ1v) is 7.90. The van der Waals surface area contributed by atoms with Crippen LogP contribution in [0.1, 0.15) is 39.5 Å². The average molecular weight is 284 g/mol. The molecule has 2 rings (SSSR count). The van der Waals surface area contributed by atoms with Crippen molar-refractivity contribution in [2.75, 3.05) is 32.7 Å². The van der Waals surface area contributed by atoms with Crippen molar-refractivity contribution in [1.29, 1.82) is 0 Å². The maximum Gasteiger partial charge on any atom is 0.236 e. The first-order valence-electron chi connectivity index (χ1n) is 7.90. The Bertz CT molecular complexity index is 314. The molecule has 0 aromatic rings. The lowest BCUT2D eigenvalue weighted by Gasteiger charge is -2.23. The second-order valence-corrected chi connectivity index (χ2v) is 6.28. The Labute approximate surface area is 121 Å². The van der Waals surface area contributed by atoms with Crippen LogP contribution in [0.4, 0.5) is 0 Å². The quantitative estimate of drug-likeness (QED) is 0.832. The first kappa shape index (κ1) is 15.7. The summed E-state index contributed by atoms with van der Waals surface area (Å²) < 4.78 is 5.66. The fourth-order valence-corrected chi connectivity index (χ4v) is 3.03. The molecule has 2 aliphatic heterocycles. The summed E-state index contributed by atoms with van der Waals surface area (Å²) in [5.74, 6) is 0.126. The van der Waals surface area contributed by atoms with E-state index in [0.29, 0.717) is 19.6 Å². The van der Waals surface area contributed by atoms with Crippen molar-refractivity contribution in [1.82, 2.24) is 9.80 Å². The van der Waals surface area contributed by atoms with Crippen LogP contribution in [-0.4, -0.2) is 71.8 Å². The SMILES string of the molecule is CC(C)O[C@H]1CN(C(=O)CN2CCCCCC2)C[C@@H]1O. The summed E-state index contributed by atoms with van der Waals surface area (Å²) >= 11 is 0. The van der Waals surface area contributed by atoms with Gasteiger partial charge < -0.3 is 14.7 Å². The standard InChI is InChI=1S/C15H28N2O3/c1-12(2)20-14-10-17(9-13(14)18)15(19)11-16-7-5-3-4-6-8-16/h12-14,18H,3-11H2,1-2H3/t13-,14-/m0/s1. The number of amides is 1. The van der Waals surface area contributed by atoms with Crippen LogP contribution in [0, 0.1) is 0 Å². The molecule has 0 radical (unpaired) electrons. The van der Waals surface area contributed by atoms with E-state index in [1.54, 1.807) is 4.90 Å². The van der Waals surface area contributed by atoms with E-state index in [1.807, 2.05) is 13.8 Å². The maximum absolute atomic E-state index is 12.3. The summed E-state index contributed by atoms with van der Waals surface area (Å²) in [5.41, 5.74) is 0. The molecule has 2 heterocycles. The zero-order valence-electron chi connectivity index (χ0n) is 12.8. The Hall–Kier alpha value is -0.650. The molecular weight excluding hydrogens is 256 g/mol. The van der Waals surface area contributed by atoms with Gasteiger partial charge in [0.05, 0.1) is 18.8 Å². The van der Waals surface area contributed by atoms with Gasteiger partial charge in [-0.15, -0.1) is 0 Å². The van der Waals surface area contributed by atoms with E-state index in [0.717, 1.165) is 13.1 Å². The Kier molecular flexibility index (Phi) is 5.81. The molecule has 0 aromatic carbocycles. The van der Waals surface area contributed by atoms with Crippen molar-refractivity contribution in [3.8, 4) is 0 Å². The average Bonchev–Trinajstić information content (AvgIpc) is 2.61. The molecule has 0 aliphatic carbocycles. The van der Waals surface area contributed by atoms with Crippen molar-refractivity contribution in [2.45, 2.75) is 57.8 Å². The van der Waals surface area contributed by atoms with Crippen LogP contribution in [0.15, 0.2) is 0 Å². The van der Waals surface area contributed by atoms with E-state index < -0.39 is 6.10 Å². The lowest BCUT2D eigenvalue weighted by atomic mass is 10.2. The van der Waals surface area contributed by atoms with Crippen LogP contribution in [0.3, 0.4) is 0 Å². The van der Waals surface area contributed by atoms with Gasteiger partial charge in [0.15, 0.2) is 0 Å². The fourth-order valence-electron chi connectivity index (χ4n) is 3.03. The highest BCUT2D eigenvalue weighted by Gasteiger charge is 2.35.